The zero-order valence-corrected chi connectivity index (χ0v) is 9.16. The summed E-state index contributed by atoms with van der Waals surface area (Å²) in [5.41, 5.74) is 5.37. The van der Waals surface area contributed by atoms with Crippen molar-refractivity contribution in [1.29, 1.82) is 0 Å². The van der Waals surface area contributed by atoms with Gasteiger partial charge in [0.1, 0.15) is 6.10 Å². The van der Waals surface area contributed by atoms with Crippen molar-refractivity contribution >= 4 is 5.91 Å². The third-order valence-corrected chi connectivity index (χ3v) is 1.93. The van der Waals surface area contributed by atoms with Gasteiger partial charge in [0.2, 0.25) is 0 Å². The molecule has 0 saturated heterocycles. The van der Waals surface area contributed by atoms with Crippen molar-refractivity contribution in [3.8, 4) is 0 Å². The first-order valence-corrected chi connectivity index (χ1v) is 4.72. The SMILES string of the molecule is CCOCCN(C)C(=O)C(CN)OC. The Labute approximate surface area is 85.1 Å². The van der Waals surface area contributed by atoms with Crippen LogP contribution in [-0.2, 0) is 14.3 Å². The summed E-state index contributed by atoms with van der Waals surface area (Å²) in [5.74, 6) is -0.102. The van der Waals surface area contributed by atoms with Crippen LogP contribution in [-0.4, -0.2) is 57.4 Å². The van der Waals surface area contributed by atoms with Gasteiger partial charge in [-0.25, -0.2) is 0 Å². The molecule has 0 rings (SSSR count). The lowest BCUT2D eigenvalue weighted by molar-refractivity contribution is -0.140. The molecule has 84 valence electrons. The molecule has 14 heavy (non-hydrogen) atoms. The van der Waals surface area contributed by atoms with E-state index >= 15 is 0 Å². The van der Waals surface area contributed by atoms with Crippen LogP contribution in [0.15, 0.2) is 0 Å². The number of rotatable bonds is 7. The average molecular weight is 204 g/mol. The predicted molar refractivity (Wildman–Crippen MR) is 54.0 cm³/mol. The van der Waals surface area contributed by atoms with E-state index in [1.807, 2.05) is 6.92 Å². The number of methoxy groups -OCH3 is 1. The van der Waals surface area contributed by atoms with E-state index in [9.17, 15) is 4.79 Å². The van der Waals surface area contributed by atoms with Crippen LogP contribution in [0.4, 0.5) is 0 Å². The summed E-state index contributed by atoms with van der Waals surface area (Å²) in [4.78, 5) is 13.1. The normalized spacial score (nSPS) is 12.6. The molecule has 0 aromatic carbocycles. The average Bonchev–Trinajstić information content (AvgIpc) is 2.19. The molecule has 1 unspecified atom stereocenters. The maximum Gasteiger partial charge on any atom is 0.252 e. The molecule has 0 aliphatic rings. The molecular formula is C9H20N2O3. The fourth-order valence-electron chi connectivity index (χ4n) is 1.000. The van der Waals surface area contributed by atoms with E-state index in [0.717, 1.165) is 0 Å². The third kappa shape index (κ3) is 4.55. The number of nitrogens with zero attached hydrogens (tertiary/aromatic N) is 1. The molecule has 0 aliphatic heterocycles. The molecule has 0 aromatic rings. The molecule has 0 heterocycles. The minimum absolute atomic E-state index is 0.102. The van der Waals surface area contributed by atoms with Gasteiger partial charge in [-0.2, -0.15) is 0 Å². The molecule has 0 fully saturated rings. The third-order valence-electron chi connectivity index (χ3n) is 1.93. The second-order valence-corrected chi connectivity index (χ2v) is 2.92. The predicted octanol–water partition coefficient (Wildman–Crippen LogP) is -0.545. The number of carbonyl (C=O) groups excluding carboxylic acids is 1. The summed E-state index contributed by atoms with van der Waals surface area (Å²) in [6.45, 7) is 3.88. The molecule has 0 aliphatic carbocycles. The van der Waals surface area contributed by atoms with Crippen molar-refractivity contribution in [2.45, 2.75) is 13.0 Å². The van der Waals surface area contributed by atoms with Crippen LogP contribution >= 0.6 is 0 Å². The van der Waals surface area contributed by atoms with Crippen LogP contribution in [0.1, 0.15) is 6.92 Å². The molecule has 0 saturated carbocycles. The van der Waals surface area contributed by atoms with E-state index < -0.39 is 6.10 Å². The first-order chi connectivity index (χ1) is 6.67. The zero-order valence-electron chi connectivity index (χ0n) is 9.16. The van der Waals surface area contributed by atoms with Gasteiger partial charge in [0, 0.05) is 33.9 Å². The van der Waals surface area contributed by atoms with Gasteiger partial charge < -0.3 is 20.1 Å². The Morgan fingerprint density at radius 1 is 1.57 bits per heavy atom. The van der Waals surface area contributed by atoms with Gasteiger partial charge in [0.15, 0.2) is 0 Å². The van der Waals surface area contributed by atoms with Gasteiger partial charge >= 0.3 is 0 Å². The highest BCUT2D eigenvalue weighted by atomic mass is 16.5. The Balaban J connectivity index is 3.84. The van der Waals surface area contributed by atoms with Crippen LogP contribution in [0.25, 0.3) is 0 Å². The molecule has 0 spiro atoms. The molecule has 2 N–H and O–H groups in total. The quantitative estimate of drug-likeness (QED) is 0.565. The minimum atomic E-state index is -0.540. The smallest absolute Gasteiger partial charge is 0.252 e. The standard InChI is InChI=1S/C9H20N2O3/c1-4-14-6-5-11(2)9(12)8(7-10)13-3/h8H,4-7,10H2,1-3H3. The van der Waals surface area contributed by atoms with Crippen molar-refractivity contribution in [2.75, 3.05) is 40.5 Å². The second kappa shape index (κ2) is 7.73. The Morgan fingerprint density at radius 3 is 2.64 bits per heavy atom. The van der Waals surface area contributed by atoms with Crippen molar-refractivity contribution in [3.05, 3.63) is 0 Å². The van der Waals surface area contributed by atoms with Gasteiger partial charge in [0.05, 0.1) is 6.61 Å². The number of nitrogens with two attached hydrogens (primary N) is 1. The molecule has 5 heteroatoms. The van der Waals surface area contributed by atoms with Crippen LogP contribution in [0, 0.1) is 0 Å². The summed E-state index contributed by atoms with van der Waals surface area (Å²) in [5, 5.41) is 0. The van der Waals surface area contributed by atoms with Gasteiger partial charge in [-0.15, -0.1) is 0 Å². The molecule has 0 bridgehead atoms. The first kappa shape index (κ1) is 13.4. The van der Waals surface area contributed by atoms with E-state index in [4.69, 9.17) is 15.2 Å². The van der Waals surface area contributed by atoms with Crippen LogP contribution in [0.5, 0.6) is 0 Å². The van der Waals surface area contributed by atoms with Gasteiger partial charge in [-0.05, 0) is 6.92 Å². The van der Waals surface area contributed by atoms with Crippen LogP contribution < -0.4 is 5.73 Å². The van der Waals surface area contributed by atoms with Crippen LogP contribution in [0.3, 0.4) is 0 Å². The van der Waals surface area contributed by atoms with Crippen molar-refractivity contribution in [2.24, 2.45) is 5.73 Å². The number of likely N-dealkylation sites (N-methyl/N-ethyl adjacent to an activating group) is 1. The lowest BCUT2D eigenvalue weighted by Gasteiger charge is -2.21. The van der Waals surface area contributed by atoms with E-state index in [2.05, 4.69) is 0 Å². The summed E-state index contributed by atoms with van der Waals surface area (Å²) >= 11 is 0. The lowest BCUT2D eigenvalue weighted by atomic mass is 10.3. The summed E-state index contributed by atoms with van der Waals surface area (Å²) in [7, 11) is 3.19. The zero-order chi connectivity index (χ0) is 11.0. The summed E-state index contributed by atoms with van der Waals surface area (Å²) in [6.07, 6.45) is -0.540. The monoisotopic (exact) mass is 204 g/mol. The summed E-state index contributed by atoms with van der Waals surface area (Å²) in [6, 6.07) is 0. The number of hydrogen-bond donors (Lipinski definition) is 1. The lowest BCUT2D eigenvalue weighted by Crippen LogP contribution is -2.42. The maximum atomic E-state index is 11.6. The Bertz CT molecular complexity index is 160. The fourth-order valence-corrected chi connectivity index (χ4v) is 1.000. The topological polar surface area (TPSA) is 64.8 Å². The van der Waals surface area contributed by atoms with Crippen molar-refractivity contribution < 1.29 is 14.3 Å². The Morgan fingerprint density at radius 2 is 2.21 bits per heavy atom. The number of amides is 1. The Hall–Kier alpha value is -0.650. The maximum absolute atomic E-state index is 11.6. The number of carbonyl (C=O) groups is 1. The van der Waals surface area contributed by atoms with E-state index in [1.54, 1.807) is 11.9 Å². The number of ether oxygens (including phenoxy) is 2. The second-order valence-electron chi connectivity index (χ2n) is 2.92. The molecule has 5 nitrogen and oxygen atoms in total. The molecule has 1 atom stereocenters. The molecule has 0 radical (unpaired) electrons. The minimum Gasteiger partial charge on any atom is -0.380 e. The van der Waals surface area contributed by atoms with Gasteiger partial charge in [-0.3, -0.25) is 4.79 Å². The van der Waals surface area contributed by atoms with E-state index in [1.165, 1.54) is 7.11 Å². The Kier molecular flexibility index (Phi) is 7.37. The van der Waals surface area contributed by atoms with Crippen LogP contribution in [0.2, 0.25) is 0 Å². The highest BCUT2D eigenvalue weighted by molar-refractivity contribution is 5.80. The van der Waals surface area contributed by atoms with Gasteiger partial charge in [0.25, 0.3) is 5.91 Å². The van der Waals surface area contributed by atoms with E-state index in [0.29, 0.717) is 19.8 Å². The number of hydrogen-bond acceptors (Lipinski definition) is 4. The molecule has 1 amide bonds. The highest BCUT2D eigenvalue weighted by Gasteiger charge is 2.19. The summed E-state index contributed by atoms with van der Waals surface area (Å²) < 4.78 is 10.1. The highest BCUT2D eigenvalue weighted by Crippen LogP contribution is 1.95. The van der Waals surface area contributed by atoms with Gasteiger partial charge in [-0.1, -0.05) is 0 Å². The largest absolute Gasteiger partial charge is 0.380 e. The molecular weight excluding hydrogens is 184 g/mol. The van der Waals surface area contributed by atoms with E-state index in [-0.39, 0.29) is 12.5 Å². The fraction of sp³-hybridized carbons (Fsp3) is 0.889. The first-order valence-electron chi connectivity index (χ1n) is 4.72. The van der Waals surface area contributed by atoms with Crippen molar-refractivity contribution in [1.82, 2.24) is 4.90 Å². The van der Waals surface area contributed by atoms with Crippen molar-refractivity contribution in [3.63, 3.8) is 0 Å². The molecule has 0 aromatic heterocycles.